The van der Waals surface area contributed by atoms with E-state index in [1.165, 1.54) is 0 Å². The lowest BCUT2D eigenvalue weighted by Gasteiger charge is -2.01. The molecule has 0 aliphatic heterocycles. The molecule has 0 atom stereocenters. The van der Waals surface area contributed by atoms with Gasteiger partial charge in [0.2, 0.25) is 0 Å². The summed E-state index contributed by atoms with van der Waals surface area (Å²) in [6.45, 7) is 3.74. The highest BCUT2D eigenvalue weighted by molar-refractivity contribution is 6.32. The minimum atomic E-state index is 0.277. The second-order valence-corrected chi connectivity index (χ2v) is 2.77. The van der Waals surface area contributed by atoms with Gasteiger partial charge in [-0.05, 0) is 37.1 Å². The van der Waals surface area contributed by atoms with E-state index < -0.39 is 0 Å². The lowest BCUT2D eigenvalue weighted by molar-refractivity contribution is 0.474. The average molecular weight is 189 g/mol. The van der Waals surface area contributed by atoms with Crippen molar-refractivity contribution < 1.29 is 5.11 Å². The van der Waals surface area contributed by atoms with E-state index in [2.05, 4.69) is 0 Å². The molecule has 66 valence electrons. The van der Waals surface area contributed by atoms with Gasteiger partial charge in [-0.3, -0.25) is 0 Å². The van der Waals surface area contributed by atoms with Crippen LogP contribution in [-0.4, -0.2) is 5.11 Å². The van der Waals surface area contributed by atoms with Gasteiger partial charge in [0.25, 0.3) is 0 Å². The van der Waals surface area contributed by atoms with Gasteiger partial charge in [-0.2, -0.15) is 0 Å². The molecule has 1 rings (SSSR count). The summed E-state index contributed by atoms with van der Waals surface area (Å²) < 4.78 is 0. The zero-order valence-electron chi connectivity index (χ0n) is 6.80. The molecule has 0 radical (unpaired) electrons. The molecular formula is C8H9ClO3. The number of phenols is 1. The van der Waals surface area contributed by atoms with Crippen molar-refractivity contribution in [3.63, 3.8) is 0 Å². The Morgan fingerprint density at radius 1 is 1.17 bits per heavy atom. The van der Waals surface area contributed by atoms with Crippen molar-refractivity contribution in [2.45, 2.75) is 13.8 Å². The Hall–Kier alpha value is -1.09. The molecule has 1 aromatic carbocycles. The van der Waals surface area contributed by atoms with E-state index >= 15 is 0 Å². The predicted octanol–water partition coefficient (Wildman–Crippen LogP) is 2.73. The van der Waals surface area contributed by atoms with Gasteiger partial charge in [-0.15, -0.1) is 0 Å². The van der Waals surface area contributed by atoms with Crippen LogP contribution in [0.2, 0.25) is 5.02 Å². The van der Waals surface area contributed by atoms with Gasteiger partial charge in [0.1, 0.15) is 5.75 Å². The molecule has 0 aromatic heterocycles. The van der Waals surface area contributed by atoms with E-state index in [4.69, 9.17) is 26.6 Å². The summed E-state index contributed by atoms with van der Waals surface area (Å²) in [7, 11) is 0. The van der Waals surface area contributed by atoms with E-state index in [9.17, 15) is 0 Å². The summed E-state index contributed by atoms with van der Waals surface area (Å²) in [5.74, 6) is 0.277. The molecule has 0 aliphatic rings. The van der Waals surface area contributed by atoms with Crippen LogP contribution in [0.15, 0.2) is 12.1 Å². The largest absolute Gasteiger partial charge is 0.508 e. The molecule has 12 heavy (non-hydrogen) atoms. The normalized spacial score (nSPS) is 8.58. The van der Waals surface area contributed by atoms with E-state index in [1.807, 2.05) is 13.8 Å². The van der Waals surface area contributed by atoms with Gasteiger partial charge in [0.15, 0.2) is 0 Å². The van der Waals surface area contributed by atoms with Crippen molar-refractivity contribution in [2.24, 2.45) is 0 Å². The minimum Gasteiger partial charge on any atom is -0.508 e. The summed E-state index contributed by atoms with van der Waals surface area (Å²) in [6.07, 6.45) is 0. The number of phenolic OH excluding ortho intramolecular Hbond substituents is 1. The first-order chi connectivity index (χ1) is 5.61. The number of hydrogen-bond acceptors (Lipinski definition) is 3. The molecule has 0 bridgehead atoms. The maximum absolute atomic E-state index is 9.06. The topological polar surface area (TPSA) is 54.4 Å². The standard InChI is InChI=1S/C8H9ClO.O2/c1-5-3-7(10)4-6(2)8(5)9;1-2/h3-4,10H,1-2H3;. The Morgan fingerprint density at radius 2 is 1.50 bits per heavy atom. The van der Waals surface area contributed by atoms with E-state index in [0.29, 0.717) is 0 Å². The molecule has 0 aliphatic carbocycles. The SMILES string of the molecule is Cc1cc(O)cc(C)c1Cl.O=O. The summed E-state index contributed by atoms with van der Waals surface area (Å²) in [6, 6.07) is 3.30. The molecule has 1 N–H and O–H groups in total. The highest BCUT2D eigenvalue weighted by Gasteiger charge is 1.99. The van der Waals surface area contributed by atoms with Crippen molar-refractivity contribution in [2.75, 3.05) is 0 Å². The summed E-state index contributed by atoms with van der Waals surface area (Å²) in [5.41, 5.74) is 1.83. The van der Waals surface area contributed by atoms with E-state index in [1.54, 1.807) is 12.1 Å². The Balaban J connectivity index is 0.000000561. The highest BCUT2D eigenvalue weighted by atomic mass is 35.5. The second-order valence-electron chi connectivity index (χ2n) is 2.39. The number of aryl methyl sites for hydroxylation is 2. The molecule has 0 amide bonds. The van der Waals surface area contributed by atoms with Crippen LogP contribution in [0.3, 0.4) is 0 Å². The molecule has 0 heterocycles. The Kier molecular flexibility index (Phi) is 4.29. The van der Waals surface area contributed by atoms with Gasteiger partial charge < -0.3 is 5.11 Å². The zero-order valence-corrected chi connectivity index (χ0v) is 7.55. The summed E-state index contributed by atoms with van der Waals surface area (Å²) in [4.78, 5) is 14.0. The highest BCUT2D eigenvalue weighted by Crippen LogP contribution is 2.24. The number of hydrogen-bond donors (Lipinski definition) is 1. The second kappa shape index (κ2) is 4.72. The predicted molar refractivity (Wildman–Crippen MR) is 49.3 cm³/mol. The fourth-order valence-corrected chi connectivity index (χ4v) is 1.03. The van der Waals surface area contributed by atoms with Gasteiger partial charge in [0.05, 0.1) is 0 Å². The molecule has 0 saturated heterocycles. The Labute approximate surface area is 75.2 Å². The first kappa shape index (κ1) is 10.9. The van der Waals surface area contributed by atoms with Crippen LogP contribution in [0.5, 0.6) is 5.75 Å². The van der Waals surface area contributed by atoms with Crippen LogP contribution >= 0.6 is 11.6 Å². The third-order valence-corrected chi connectivity index (χ3v) is 2.02. The van der Waals surface area contributed by atoms with Crippen LogP contribution in [-0.2, 0) is 0 Å². The third kappa shape index (κ3) is 2.51. The average Bonchev–Trinajstić information content (AvgIpc) is 2.04. The quantitative estimate of drug-likeness (QED) is 0.681. The van der Waals surface area contributed by atoms with E-state index in [0.717, 1.165) is 16.1 Å². The maximum atomic E-state index is 9.06. The van der Waals surface area contributed by atoms with Crippen LogP contribution < -0.4 is 0 Å². The van der Waals surface area contributed by atoms with Crippen molar-refractivity contribution in [1.82, 2.24) is 0 Å². The molecule has 0 fully saturated rings. The fourth-order valence-electron chi connectivity index (χ4n) is 0.923. The smallest absolute Gasteiger partial charge is 0.116 e. The molecule has 1 aromatic rings. The van der Waals surface area contributed by atoms with Crippen molar-refractivity contribution >= 4 is 11.6 Å². The van der Waals surface area contributed by atoms with Crippen molar-refractivity contribution in [1.29, 1.82) is 0 Å². The first-order valence-corrected chi connectivity index (χ1v) is 3.61. The molecule has 3 nitrogen and oxygen atoms in total. The zero-order chi connectivity index (χ0) is 9.72. The van der Waals surface area contributed by atoms with Gasteiger partial charge >= 0.3 is 0 Å². The lowest BCUT2D eigenvalue weighted by atomic mass is 10.1. The number of benzene rings is 1. The maximum Gasteiger partial charge on any atom is 0.116 e. The van der Waals surface area contributed by atoms with Crippen LogP contribution in [0.25, 0.3) is 0 Å². The number of rotatable bonds is 0. The first-order valence-electron chi connectivity index (χ1n) is 3.23. The Morgan fingerprint density at radius 3 is 1.83 bits per heavy atom. The molecule has 4 heteroatoms. The molecule has 0 unspecified atom stereocenters. The molecule has 0 saturated carbocycles. The number of aromatic hydroxyl groups is 1. The third-order valence-electron chi connectivity index (χ3n) is 1.42. The summed E-state index contributed by atoms with van der Waals surface area (Å²) in [5, 5.41) is 9.79. The Bertz CT molecular complexity index is 250. The van der Waals surface area contributed by atoms with Crippen molar-refractivity contribution in [3.05, 3.63) is 38.2 Å². The number of halogens is 1. The minimum absolute atomic E-state index is 0.277. The van der Waals surface area contributed by atoms with E-state index in [-0.39, 0.29) is 5.75 Å². The van der Waals surface area contributed by atoms with Gasteiger partial charge in [-0.1, -0.05) is 11.6 Å². The van der Waals surface area contributed by atoms with Crippen LogP contribution in [0.4, 0.5) is 0 Å². The summed E-state index contributed by atoms with van der Waals surface area (Å²) >= 11 is 5.84. The van der Waals surface area contributed by atoms with Crippen LogP contribution in [0, 0.1) is 23.8 Å². The fraction of sp³-hybridized carbons (Fsp3) is 0.250. The van der Waals surface area contributed by atoms with Crippen molar-refractivity contribution in [3.8, 4) is 5.75 Å². The van der Waals surface area contributed by atoms with Crippen LogP contribution in [0.1, 0.15) is 11.1 Å². The molecular weight excluding hydrogens is 180 g/mol. The van der Waals surface area contributed by atoms with Gasteiger partial charge in [-0.25, -0.2) is 0 Å². The monoisotopic (exact) mass is 188 g/mol. The lowest BCUT2D eigenvalue weighted by Crippen LogP contribution is -1.79. The molecule has 0 spiro atoms. The van der Waals surface area contributed by atoms with Gasteiger partial charge in [0, 0.05) is 15.0 Å².